The van der Waals surface area contributed by atoms with Gasteiger partial charge in [0.2, 0.25) is 0 Å². The van der Waals surface area contributed by atoms with Crippen LogP contribution in [-0.2, 0) is 16.0 Å². The summed E-state index contributed by atoms with van der Waals surface area (Å²) in [5, 5.41) is 13.3. The number of nitrogens with one attached hydrogen (secondary N) is 2. The van der Waals surface area contributed by atoms with Gasteiger partial charge in [-0.2, -0.15) is 0 Å². The maximum atomic E-state index is 12.7. The Morgan fingerprint density at radius 2 is 1.78 bits per heavy atom. The van der Waals surface area contributed by atoms with Crippen molar-refractivity contribution in [3.05, 3.63) is 36.0 Å². The predicted octanol–water partition coefficient (Wildman–Crippen LogP) is 5.27. The topological polar surface area (TPSA) is 91.4 Å². The Morgan fingerprint density at radius 1 is 1.16 bits per heavy atom. The molecular formula is C26H34N2O4. The van der Waals surface area contributed by atoms with Crippen LogP contribution in [0.3, 0.4) is 0 Å². The van der Waals surface area contributed by atoms with Crippen molar-refractivity contribution in [2.24, 2.45) is 23.2 Å². The van der Waals surface area contributed by atoms with Crippen molar-refractivity contribution in [1.29, 1.82) is 0 Å². The minimum atomic E-state index is -1.06. The molecule has 1 aromatic heterocycles. The van der Waals surface area contributed by atoms with E-state index in [0.29, 0.717) is 0 Å². The Bertz CT molecular complexity index is 988. The van der Waals surface area contributed by atoms with E-state index < -0.39 is 23.7 Å². The Hall–Kier alpha value is -2.50. The molecule has 4 saturated carbocycles. The standard InChI is InChI=1S/C26H34N2O4/c1-25(2,15-26-11-16-7-17(12-26)9-18(8-16)13-26)32-24(31)28-22(23(29)30)10-19-14-27-21-6-4-3-5-20(19)21/h3-6,14,16-18,22,27H,7-13,15H2,1-2H3,(H,28,31)(H,29,30)/t16?,17?,18?,22-,26?/m1/s1. The van der Waals surface area contributed by atoms with Gasteiger partial charge in [-0.3, -0.25) is 0 Å². The number of amides is 1. The number of ether oxygens (including phenoxy) is 1. The van der Waals surface area contributed by atoms with Crippen LogP contribution < -0.4 is 5.32 Å². The third-order valence-electron chi connectivity index (χ3n) is 8.02. The van der Waals surface area contributed by atoms with Crippen LogP contribution in [0.5, 0.6) is 0 Å². The van der Waals surface area contributed by atoms with Crippen LogP contribution in [0.4, 0.5) is 4.79 Å². The number of aromatic amines is 1. The highest BCUT2D eigenvalue weighted by Gasteiger charge is 2.52. The molecule has 4 aliphatic rings. The summed E-state index contributed by atoms with van der Waals surface area (Å²) in [5.41, 5.74) is 1.47. The van der Waals surface area contributed by atoms with Gasteiger partial charge in [0, 0.05) is 23.5 Å². The minimum Gasteiger partial charge on any atom is -0.480 e. The Kier molecular flexibility index (Phi) is 5.22. The van der Waals surface area contributed by atoms with Crippen LogP contribution in [0, 0.1) is 23.2 Å². The summed E-state index contributed by atoms with van der Waals surface area (Å²) in [6.07, 6.45) is 10.1. The first-order chi connectivity index (χ1) is 15.2. The average Bonchev–Trinajstić information content (AvgIpc) is 3.08. The van der Waals surface area contributed by atoms with Crippen molar-refractivity contribution >= 4 is 23.0 Å². The zero-order chi connectivity index (χ0) is 22.5. The van der Waals surface area contributed by atoms with Gasteiger partial charge in [0.05, 0.1) is 0 Å². The highest BCUT2D eigenvalue weighted by atomic mass is 16.6. The van der Waals surface area contributed by atoms with Crippen molar-refractivity contribution in [3.63, 3.8) is 0 Å². The number of H-pyrrole nitrogens is 1. The van der Waals surface area contributed by atoms with Crippen LogP contribution in [0.15, 0.2) is 30.5 Å². The molecule has 2 aromatic rings. The molecule has 0 saturated heterocycles. The smallest absolute Gasteiger partial charge is 0.408 e. The summed E-state index contributed by atoms with van der Waals surface area (Å²) in [7, 11) is 0. The van der Waals surface area contributed by atoms with Gasteiger partial charge in [-0.15, -0.1) is 0 Å². The monoisotopic (exact) mass is 438 g/mol. The summed E-state index contributed by atoms with van der Waals surface area (Å²) >= 11 is 0. The minimum absolute atomic E-state index is 0.198. The van der Waals surface area contributed by atoms with E-state index in [2.05, 4.69) is 10.3 Å². The SMILES string of the molecule is CC(C)(CC12CC3CC(CC(C3)C1)C2)OC(=O)N[C@H](Cc1c[nH]c2ccccc12)C(=O)O. The van der Waals surface area contributed by atoms with Gasteiger partial charge in [0.15, 0.2) is 0 Å². The Morgan fingerprint density at radius 3 is 2.41 bits per heavy atom. The van der Waals surface area contributed by atoms with Crippen LogP contribution in [-0.4, -0.2) is 33.8 Å². The lowest BCUT2D eigenvalue weighted by Gasteiger charge is -2.58. The molecule has 0 radical (unpaired) electrons. The second-order valence-electron chi connectivity index (χ2n) is 11.3. The summed E-state index contributed by atoms with van der Waals surface area (Å²) in [6.45, 7) is 3.95. The second-order valence-corrected chi connectivity index (χ2v) is 11.3. The van der Waals surface area contributed by atoms with Crippen molar-refractivity contribution in [2.45, 2.75) is 76.9 Å². The zero-order valence-electron chi connectivity index (χ0n) is 19.0. The lowest BCUT2D eigenvalue weighted by atomic mass is 9.48. The van der Waals surface area contributed by atoms with Crippen LogP contribution in [0.1, 0.15) is 64.4 Å². The van der Waals surface area contributed by atoms with E-state index in [1.54, 1.807) is 0 Å². The van der Waals surface area contributed by atoms with Crippen molar-refractivity contribution < 1.29 is 19.4 Å². The first kappa shape index (κ1) is 21.4. The van der Waals surface area contributed by atoms with Gasteiger partial charge in [0.1, 0.15) is 11.6 Å². The molecule has 0 unspecified atom stereocenters. The molecule has 1 amide bonds. The third kappa shape index (κ3) is 4.24. The molecule has 0 aliphatic heterocycles. The Balaban J connectivity index is 1.23. The molecule has 32 heavy (non-hydrogen) atoms. The lowest BCUT2D eigenvalue weighted by molar-refractivity contribution is -0.139. The number of hydrogen-bond acceptors (Lipinski definition) is 3. The van der Waals surface area contributed by atoms with Gasteiger partial charge in [-0.25, -0.2) is 9.59 Å². The first-order valence-corrected chi connectivity index (χ1v) is 12.0. The maximum absolute atomic E-state index is 12.7. The zero-order valence-corrected chi connectivity index (χ0v) is 19.0. The number of rotatable bonds is 7. The van der Waals surface area contributed by atoms with E-state index in [4.69, 9.17) is 4.74 Å². The van der Waals surface area contributed by atoms with E-state index >= 15 is 0 Å². The quantitative estimate of drug-likeness (QED) is 0.549. The lowest BCUT2D eigenvalue weighted by Crippen LogP contribution is -2.50. The second kappa shape index (κ2) is 7.82. The van der Waals surface area contributed by atoms with E-state index in [9.17, 15) is 14.7 Å². The molecule has 6 rings (SSSR count). The molecule has 1 aromatic carbocycles. The van der Waals surface area contributed by atoms with E-state index in [1.807, 2.05) is 44.3 Å². The molecular weight excluding hydrogens is 404 g/mol. The molecule has 3 N–H and O–H groups in total. The fourth-order valence-corrected chi connectivity index (χ4v) is 7.59. The summed E-state index contributed by atoms with van der Waals surface area (Å²) in [5.74, 6) is 1.47. The fraction of sp³-hybridized carbons (Fsp3) is 0.615. The van der Waals surface area contributed by atoms with E-state index in [0.717, 1.165) is 40.6 Å². The molecule has 4 bridgehead atoms. The number of carbonyl (C=O) groups is 2. The molecule has 4 fully saturated rings. The van der Waals surface area contributed by atoms with Crippen molar-refractivity contribution in [2.75, 3.05) is 0 Å². The number of para-hydroxylation sites is 1. The first-order valence-electron chi connectivity index (χ1n) is 12.0. The number of aromatic nitrogens is 1. The molecule has 1 heterocycles. The average molecular weight is 439 g/mol. The molecule has 4 aliphatic carbocycles. The maximum Gasteiger partial charge on any atom is 0.408 e. The number of aliphatic carboxylic acids is 1. The van der Waals surface area contributed by atoms with Crippen LogP contribution in [0.25, 0.3) is 10.9 Å². The largest absolute Gasteiger partial charge is 0.480 e. The van der Waals surface area contributed by atoms with E-state index in [1.165, 1.54) is 38.5 Å². The summed E-state index contributed by atoms with van der Waals surface area (Å²) in [4.78, 5) is 27.8. The molecule has 172 valence electrons. The van der Waals surface area contributed by atoms with Crippen molar-refractivity contribution in [1.82, 2.24) is 10.3 Å². The summed E-state index contributed by atoms with van der Waals surface area (Å²) in [6, 6.07) is 6.70. The number of carboxylic acids is 1. The summed E-state index contributed by atoms with van der Waals surface area (Å²) < 4.78 is 5.84. The Labute approximate surface area is 189 Å². The normalized spacial score (nSPS) is 29.8. The van der Waals surface area contributed by atoms with Gasteiger partial charge in [0.25, 0.3) is 0 Å². The van der Waals surface area contributed by atoms with Crippen molar-refractivity contribution in [3.8, 4) is 0 Å². The van der Waals surface area contributed by atoms with Crippen LogP contribution >= 0.6 is 0 Å². The number of fused-ring (bicyclic) bond motifs is 1. The highest BCUT2D eigenvalue weighted by Crippen LogP contribution is 2.62. The highest BCUT2D eigenvalue weighted by molar-refractivity contribution is 5.85. The van der Waals surface area contributed by atoms with Gasteiger partial charge in [-0.1, -0.05) is 18.2 Å². The molecule has 6 heteroatoms. The number of benzene rings is 1. The van der Waals surface area contributed by atoms with Gasteiger partial charge >= 0.3 is 12.1 Å². The number of hydrogen-bond donors (Lipinski definition) is 3. The van der Waals surface area contributed by atoms with Gasteiger partial charge in [-0.05, 0) is 93.6 Å². The molecule has 1 atom stereocenters. The molecule has 6 nitrogen and oxygen atoms in total. The van der Waals surface area contributed by atoms with E-state index in [-0.39, 0.29) is 11.8 Å². The number of carboxylic acid groups (broad SMARTS) is 1. The molecule has 0 spiro atoms. The third-order valence-corrected chi connectivity index (χ3v) is 8.02. The van der Waals surface area contributed by atoms with Crippen LogP contribution in [0.2, 0.25) is 0 Å². The van der Waals surface area contributed by atoms with Gasteiger partial charge < -0.3 is 20.1 Å². The number of carbonyl (C=O) groups excluding carboxylic acids is 1. The predicted molar refractivity (Wildman–Crippen MR) is 122 cm³/mol. The number of alkyl carbamates (subject to hydrolysis) is 1. The fourth-order valence-electron chi connectivity index (χ4n) is 7.59.